The molecule has 9 heteroatoms. The van der Waals surface area contributed by atoms with E-state index in [4.69, 9.17) is 9.84 Å². The number of nitrogens with one attached hydrogen (secondary N) is 2. The van der Waals surface area contributed by atoms with Crippen molar-refractivity contribution in [2.24, 2.45) is 5.92 Å². The van der Waals surface area contributed by atoms with Crippen molar-refractivity contribution >= 4 is 39.3 Å². The number of aliphatic carboxylic acids is 1. The van der Waals surface area contributed by atoms with Crippen molar-refractivity contribution in [1.29, 1.82) is 0 Å². The molecule has 1 aromatic heterocycles. The van der Waals surface area contributed by atoms with E-state index in [0.717, 1.165) is 10.2 Å². The van der Waals surface area contributed by atoms with Crippen LogP contribution >= 0.6 is 11.3 Å². The Labute approximate surface area is 195 Å². The van der Waals surface area contributed by atoms with E-state index in [0.29, 0.717) is 55.1 Å². The topological polar surface area (TPSA) is 118 Å². The van der Waals surface area contributed by atoms with Crippen molar-refractivity contribution in [3.05, 3.63) is 59.1 Å². The van der Waals surface area contributed by atoms with Gasteiger partial charge in [0.05, 0.1) is 22.2 Å². The number of thiazole rings is 1. The van der Waals surface area contributed by atoms with Crippen LogP contribution in [0.25, 0.3) is 10.2 Å². The fraction of sp³-hybridized carbons (Fsp3) is 0.333. The van der Waals surface area contributed by atoms with Gasteiger partial charge in [0, 0.05) is 18.7 Å². The molecule has 8 nitrogen and oxygen atoms in total. The van der Waals surface area contributed by atoms with Gasteiger partial charge in [-0.3, -0.25) is 14.4 Å². The Morgan fingerprint density at radius 2 is 1.61 bits per heavy atom. The Morgan fingerprint density at radius 3 is 2.27 bits per heavy atom. The largest absolute Gasteiger partial charge is 0.490 e. The van der Waals surface area contributed by atoms with Gasteiger partial charge < -0.3 is 20.5 Å². The molecule has 0 saturated heterocycles. The lowest BCUT2D eigenvalue weighted by molar-refractivity contribution is -0.143. The SMILES string of the molecule is O=C(NCCNC(=O)c1nc2ccccc2s1)c1ccc(O[C@H]2CC[C@@H](C(=O)O)CC2)cc1. The molecule has 0 bridgehead atoms. The van der Waals surface area contributed by atoms with E-state index < -0.39 is 5.97 Å². The second-order valence-electron chi connectivity index (χ2n) is 7.95. The molecule has 1 heterocycles. The summed E-state index contributed by atoms with van der Waals surface area (Å²) in [6, 6.07) is 14.4. The van der Waals surface area contributed by atoms with Crippen LogP contribution in [0.3, 0.4) is 0 Å². The van der Waals surface area contributed by atoms with Crippen LogP contribution in [-0.2, 0) is 4.79 Å². The van der Waals surface area contributed by atoms with E-state index in [1.165, 1.54) is 11.3 Å². The summed E-state index contributed by atoms with van der Waals surface area (Å²) in [6.45, 7) is 0.585. The minimum Gasteiger partial charge on any atom is -0.490 e. The third-order valence-electron chi connectivity index (χ3n) is 5.63. The minimum atomic E-state index is -0.736. The average molecular weight is 468 g/mol. The van der Waals surface area contributed by atoms with Crippen LogP contribution in [-0.4, -0.2) is 47.1 Å². The molecule has 2 aromatic carbocycles. The van der Waals surface area contributed by atoms with Gasteiger partial charge in [-0.1, -0.05) is 12.1 Å². The maximum absolute atomic E-state index is 12.3. The molecule has 33 heavy (non-hydrogen) atoms. The summed E-state index contributed by atoms with van der Waals surface area (Å²) >= 11 is 1.33. The van der Waals surface area contributed by atoms with E-state index in [1.54, 1.807) is 24.3 Å². The Morgan fingerprint density at radius 1 is 0.939 bits per heavy atom. The van der Waals surface area contributed by atoms with Crippen LogP contribution < -0.4 is 15.4 Å². The number of ether oxygens (including phenoxy) is 1. The summed E-state index contributed by atoms with van der Waals surface area (Å²) in [5.74, 6) is -0.849. The number of aromatic nitrogens is 1. The quantitative estimate of drug-likeness (QED) is 0.437. The van der Waals surface area contributed by atoms with Crippen molar-refractivity contribution in [3.63, 3.8) is 0 Å². The number of para-hydroxylation sites is 1. The first-order chi connectivity index (χ1) is 16.0. The number of nitrogens with zero attached hydrogens (tertiary/aromatic N) is 1. The van der Waals surface area contributed by atoms with Gasteiger partial charge in [-0.2, -0.15) is 0 Å². The maximum atomic E-state index is 12.3. The number of carboxylic acids is 1. The normalized spacial score (nSPS) is 17.9. The molecule has 3 aromatic rings. The maximum Gasteiger partial charge on any atom is 0.306 e. The van der Waals surface area contributed by atoms with Crippen molar-refractivity contribution in [1.82, 2.24) is 15.6 Å². The summed E-state index contributed by atoms with van der Waals surface area (Å²) in [4.78, 5) is 40.0. The predicted octanol–water partition coefficient (Wildman–Crippen LogP) is 3.48. The van der Waals surface area contributed by atoms with Gasteiger partial charge in [0.2, 0.25) is 0 Å². The van der Waals surface area contributed by atoms with Crippen LogP contribution in [0.15, 0.2) is 48.5 Å². The Balaban J connectivity index is 1.19. The number of benzene rings is 2. The zero-order chi connectivity index (χ0) is 23.2. The van der Waals surface area contributed by atoms with Crippen LogP contribution in [0, 0.1) is 5.92 Å². The smallest absolute Gasteiger partial charge is 0.306 e. The van der Waals surface area contributed by atoms with E-state index in [-0.39, 0.29) is 23.8 Å². The lowest BCUT2D eigenvalue weighted by Gasteiger charge is -2.26. The molecule has 0 unspecified atom stereocenters. The highest BCUT2D eigenvalue weighted by Crippen LogP contribution is 2.28. The van der Waals surface area contributed by atoms with Crippen molar-refractivity contribution in [2.75, 3.05) is 13.1 Å². The molecule has 172 valence electrons. The Hall–Kier alpha value is -3.46. The van der Waals surface area contributed by atoms with Gasteiger partial charge in [0.25, 0.3) is 11.8 Å². The lowest BCUT2D eigenvalue weighted by atomic mass is 9.87. The number of hydrogen-bond donors (Lipinski definition) is 3. The molecule has 1 aliphatic rings. The first-order valence-electron chi connectivity index (χ1n) is 10.9. The van der Waals surface area contributed by atoms with Crippen molar-refractivity contribution in [3.8, 4) is 5.75 Å². The minimum absolute atomic E-state index is 0.000634. The average Bonchev–Trinajstić information content (AvgIpc) is 3.27. The summed E-state index contributed by atoms with van der Waals surface area (Å²) < 4.78 is 6.88. The predicted molar refractivity (Wildman–Crippen MR) is 125 cm³/mol. The fourth-order valence-corrected chi connectivity index (χ4v) is 4.69. The monoisotopic (exact) mass is 467 g/mol. The number of fused-ring (bicyclic) bond motifs is 1. The third kappa shape index (κ3) is 5.87. The highest BCUT2D eigenvalue weighted by molar-refractivity contribution is 7.20. The molecular weight excluding hydrogens is 442 g/mol. The molecule has 0 radical (unpaired) electrons. The van der Waals surface area contributed by atoms with E-state index in [2.05, 4.69) is 15.6 Å². The van der Waals surface area contributed by atoms with Gasteiger partial charge in [0.1, 0.15) is 5.75 Å². The summed E-state index contributed by atoms with van der Waals surface area (Å²) in [6.07, 6.45) is 2.66. The highest BCUT2D eigenvalue weighted by atomic mass is 32.1. The number of hydrogen-bond acceptors (Lipinski definition) is 6. The molecular formula is C24H25N3O5S. The molecule has 1 saturated carbocycles. The zero-order valence-corrected chi connectivity index (χ0v) is 18.8. The van der Waals surface area contributed by atoms with Crippen LogP contribution in [0.2, 0.25) is 0 Å². The second kappa shape index (κ2) is 10.4. The highest BCUT2D eigenvalue weighted by Gasteiger charge is 2.26. The van der Waals surface area contributed by atoms with Gasteiger partial charge in [-0.15, -0.1) is 11.3 Å². The van der Waals surface area contributed by atoms with E-state index >= 15 is 0 Å². The van der Waals surface area contributed by atoms with E-state index in [9.17, 15) is 14.4 Å². The first-order valence-corrected chi connectivity index (χ1v) is 11.7. The Bertz CT molecular complexity index is 1100. The van der Waals surface area contributed by atoms with Crippen LogP contribution in [0.1, 0.15) is 45.8 Å². The number of carboxylic acid groups (broad SMARTS) is 1. The fourth-order valence-electron chi connectivity index (χ4n) is 3.80. The first kappa shape index (κ1) is 22.7. The Kier molecular flexibility index (Phi) is 7.19. The molecule has 0 spiro atoms. The number of rotatable bonds is 8. The van der Waals surface area contributed by atoms with E-state index in [1.807, 2.05) is 24.3 Å². The number of carbonyl (C=O) groups excluding carboxylic acids is 2. The summed E-state index contributed by atoms with van der Waals surface area (Å²) in [5, 5.41) is 15.0. The second-order valence-corrected chi connectivity index (χ2v) is 8.98. The van der Waals surface area contributed by atoms with Crippen molar-refractivity contribution < 1.29 is 24.2 Å². The molecule has 0 aliphatic heterocycles. The molecule has 2 amide bonds. The van der Waals surface area contributed by atoms with Gasteiger partial charge in [-0.05, 0) is 62.1 Å². The lowest BCUT2D eigenvalue weighted by Crippen LogP contribution is -2.34. The molecule has 1 fully saturated rings. The van der Waals surface area contributed by atoms with Gasteiger partial charge in [-0.25, -0.2) is 4.98 Å². The van der Waals surface area contributed by atoms with Crippen molar-refractivity contribution in [2.45, 2.75) is 31.8 Å². The zero-order valence-electron chi connectivity index (χ0n) is 18.0. The molecule has 4 rings (SSSR count). The van der Waals surface area contributed by atoms with Crippen LogP contribution in [0.5, 0.6) is 5.75 Å². The van der Waals surface area contributed by atoms with Gasteiger partial charge >= 0.3 is 5.97 Å². The number of amides is 2. The van der Waals surface area contributed by atoms with Gasteiger partial charge in [0.15, 0.2) is 5.01 Å². The molecule has 0 atom stereocenters. The summed E-state index contributed by atoms with van der Waals surface area (Å²) in [5.41, 5.74) is 1.29. The molecule has 3 N–H and O–H groups in total. The standard InChI is InChI=1S/C24H25N3O5S/c28-21(25-13-14-26-22(29)23-27-19-3-1-2-4-20(19)33-23)15-5-9-17(10-6-15)32-18-11-7-16(8-12-18)24(30)31/h1-6,9-10,16,18H,7-8,11-14H2,(H,25,28)(H,26,29)(H,30,31)/t16-,18+. The number of carbonyl (C=O) groups is 3. The summed E-state index contributed by atoms with van der Waals surface area (Å²) in [7, 11) is 0. The third-order valence-corrected chi connectivity index (χ3v) is 6.66. The molecule has 1 aliphatic carbocycles. The van der Waals surface area contributed by atoms with Crippen LogP contribution in [0.4, 0.5) is 0 Å².